The zero-order chi connectivity index (χ0) is 15.3. The van der Waals surface area contributed by atoms with E-state index in [9.17, 15) is 9.59 Å². The molecule has 1 aromatic rings. The van der Waals surface area contributed by atoms with E-state index in [-0.39, 0.29) is 12.5 Å². The van der Waals surface area contributed by atoms with Crippen molar-refractivity contribution >= 4 is 18.0 Å². The lowest BCUT2D eigenvalue weighted by atomic mass is 10.0. The van der Waals surface area contributed by atoms with E-state index in [4.69, 9.17) is 15.6 Å². The third-order valence-electron chi connectivity index (χ3n) is 2.86. The summed E-state index contributed by atoms with van der Waals surface area (Å²) in [6.45, 7) is 5.67. The van der Waals surface area contributed by atoms with Crippen molar-refractivity contribution in [1.29, 1.82) is 0 Å². The van der Waals surface area contributed by atoms with Crippen LogP contribution >= 0.6 is 0 Å². The molecular weight excluding hydrogens is 258 g/mol. The van der Waals surface area contributed by atoms with Crippen LogP contribution in [0, 0.1) is 19.8 Å². The topological polar surface area (TPSA) is 89.6 Å². The Morgan fingerprint density at radius 2 is 1.90 bits per heavy atom. The number of aliphatic carboxylic acids is 1. The summed E-state index contributed by atoms with van der Waals surface area (Å²) in [4.78, 5) is 21.5. The van der Waals surface area contributed by atoms with Crippen LogP contribution in [0.3, 0.4) is 0 Å². The Hall–Kier alpha value is -2.30. The highest BCUT2D eigenvalue weighted by atomic mass is 16.5. The number of aryl methyl sites for hydroxylation is 2. The van der Waals surface area contributed by atoms with Crippen LogP contribution < -0.4 is 10.5 Å². The van der Waals surface area contributed by atoms with Crippen LogP contribution in [-0.2, 0) is 9.59 Å². The number of nitrogens with two attached hydrogens (primary N) is 1. The first-order valence-corrected chi connectivity index (χ1v) is 6.25. The first-order chi connectivity index (χ1) is 9.31. The van der Waals surface area contributed by atoms with E-state index in [1.807, 2.05) is 26.0 Å². The van der Waals surface area contributed by atoms with Gasteiger partial charge in [-0.05, 0) is 48.7 Å². The molecule has 1 atom stereocenters. The minimum atomic E-state index is -0.990. The van der Waals surface area contributed by atoms with Crippen molar-refractivity contribution in [3.05, 3.63) is 34.9 Å². The summed E-state index contributed by atoms with van der Waals surface area (Å²) in [5.41, 5.74) is 7.74. The minimum Gasteiger partial charge on any atom is -0.492 e. The van der Waals surface area contributed by atoms with Gasteiger partial charge in [0.05, 0.1) is 12.5 Å². The lowest BCUT2D eigenvalue weighted by Crippen LogP contribution is -2.26. The molecule has 5 heteroatoms. The van der Waals surface area contributed by atoms with Gasteiger partial charge in [0.15, 0.2) is 0 Å². The number of ether oxygens (including phenoxy) is 1. The summed E-state index contributed by atoms with van der Waals surface area (Å²) in [5, 5.41) is 8.61. The van der Waals surface area contributed by atoms with E-state index in [0.29, 0.717) is 5.75 Å². The maximum Gasteiger partial charge on any atom is 0.328 e. The first-order valence-electron chi connectivity index (χ1n) is 6.25. The SMILES string of the molecule is Cc1cc(/C=C/C(=O)O)cc(C)c1OCC(C)C(N)=O. The van der Waals surface area contributed by atoms with Crippen molar-refractivity contribution in [1.82, 2.24) is 0 Å². The van der Waals surface area contributed by atoms with E-state index in [0.717, 1.165) is 22.8 Å². The van der Waals surface area contributed by atoms with Gasteiger partial charge in [-0.15, -0.1) is 0 Å². The number of benzene rings is 1. The highest BCUT2D eigenvalue weighted by Crippen LogP contribution is 2.26. The maximum absolute atomic E-state index is 11.0. The Kier molecular flexibility index (Phi) is 5.32. The fourth-order valence-corrected chi connectivity index (χ4v) is 1.77. The van der Waals surface area contributed by atoms with Gasteiger partial charge in [0, 0.05) is 6.08 Å². The Morgan fingerprint density at radius 1 is 1.35 bits per heavy atom. The molecule has 3 N–H and O–H groups in total. The zero-order valence-electron chi connectivity index (χ0n) is 11.8. The molecule has 20 heavy (non-hydrogen) atoms. The zero-order valence-corrected chi connectivity index (χ0v) is 11.8. The number of hydrogen-bond donors (Lipinski definition) is 2. The number of primary amides is 1. The summed E-state index contributed by atoms with van der Waals surface area (Å²) in [7, 11) is 0. The molecular formula is C15H19NO4. The van der Waals surface area contributed by atoms with E-state index in [1.165, 1.54) is 6.08 Å². The highest BCUT2D eigenvalue weighted by molar-refractivity contribution is 5.85. The van der Waals surface area contributed by atoms with Gasteiger partial charge in [-0.3, -0.25) is 4.79 Å². The van der Waals surface area contributed by atoms with Crippen molar-refractivity contribution in [2.75, 3.05) is 6.61 Å². The van der Waals surface area contributed by atoms with Crippen LogP contribution in [-0.4, -0.2) is 23.6 Å². The van der Waals surface area contributed by atoms with Crippen molar-refractivity contribution in [2.45, 2.75) is 20.8 Å². The van der Waals surface area contributed by atoms with Gasteiger partial charge in [-0.2, -0.15) is 0 Å². The van der Waals surface area contributed by atoms with Crippen LogP contribution in [0.15, 0.2) is 18.2 Å². The Balaban J connectivity index is 2.89. The summed E-state index contributed by atoms with van der Waals surface area (Å²) < 4.78 is 5.63. The van der Waals surface area contributed by atoms with Crippen LogP contribution in [0.25, 0.3) is 6.08 Å². The Bertz CT molecular complexity index is 526. The second-order valence-corrected chi connectivity index (χ2v) is 4.77. The second kappa shape index (κ2) is 6.75. The van der Waals surface area contributed by atoms with Gasteiger partial charge >= 0.3 is 5.97 Å². The van der Waals surface area contributed by atoms with E-state index < -0.39 is 11.9 Å². The smallest absolute Gasteiger partial charge is 0.328 e. The lowest BCUT2D eigenvalue weighted by Gasteiger charge is -2.15. The molecule has 0 heterocycles. The van der Waals surface area contributed by atoms with Gasteiger partial charge < -0.3 is 15.6 Å². The number of amides is 1. The summed E-state index contributed by atoms with van der Waals surface area (Å²) in [6.07, 6.45) is 2.61. The first kappa shape index (κ1) is 15.8. The molecule has 0 aromatic heterocycles. The monoisotopic (exact) mass is 277 g/mol. The lowest BCUT2D eigenvalue weighted by molar-refractivity contribution is -0.131. The number of carbonyl (C=O) groups is 2. The van der Waals surface area contributed by atoms with Crippen LogP contribution in [0.1, 0.15) is 23.6 Å². The number of hydrogen-bond acceptors (Lipinski definition) is 3. The normalized spacial score (nSPS) is 12.3. The third-order valence-corrected chi connectivity index (χ3v) is 2.86. The van der Waals surface area contributed by atoms with Crippen LogP contribution in [0.5, 0.6) is 5.75 Å². The molecule has 1 rings (SSSR count). The standard InChI is InChI=1S/C15H19NO4/c1-9-6-12(4-5-13(17)18)7-10(2)14(9)20-8-11(3)15(16)19/h4-7,11H,8H2,1-3H3,(H2,16,19)(H,17,18)/b5-4+. The van der Waals surface area contributed by atoms with Crippen LogP contribution in [0.4, 0.5) is 0 Å². The van der Waals surface area contributed by atoms with E-state index in [1.54, 1.807) is 6.92 Å². The van der Waals surface area contributed by atoms with Gasteiger partial charge in [0.25, 0.3) is 0 Å². The fraction of sp³-hybridized carbons (Fsp3) is 0.333. The molecule has 0 bridgehead atoms. The molecule has 0 fully saturated rings. The number of carboxylic acids is 1. The molecule has 0 aliphatic rings. The molecule has 108 valence electrons. The molecule has 1 aromatic carbocycles. The van der Waals surface area contributed by atoms with Crippen molar-refractivity contribution in [2.24, 2.45) is 11.7 Å². The highest BCUT2D eigenvalue weighted by Gasteiger charge is 2.12. The molecule has 0 saturated carbocycles. The summed E-state index contributed by atoms with van der Waals surface area (Å²) in [6, 6.07) is 3.66. The average Bonchev–Trinajstić information content (AvgIpc) is 2.34. The molecule has 0 radical (unpaired) electrons. The van der Waals surface area contributed by atoms with Gasteiger partial charge in [-0.1, -0.05) is 6.92 Å². The Morgan fingerprint density at radius 3 is 2.35 bits per heavy atom. The van der Waals surface area contributed by atoms with Crippen LogP contribution in [0.2, 0.25) is 0 Å². The number of carboxylic acid groups (broad SMARTS) is 1. The molecule has 5 nitrogen and oxygen atoms in total. The van der Waals surface area contributed by atoms with Crippen molar-refractivity contribution in [3.8, 4) is 5.75 Å². The molecule has 0 aliphatic heterocycles. The molecule has 1 amide bonds. The summed E-state index contributed by atoms with van der Waals surface area (Å²) in [5.74, 6) is -1.05. The van der Waals surface area contributed by atoms with E-state index >= 15 is 0 Å². The number of rotatable bonds is 6. The average molecular weight is 277 g/mol. The number of carbonyl (C=O) groups excluding carboxylic acids is 1. The third kappa shape index (κ3) is 4.42. The van der Waals surface area contributed by atoms with Gasteiger partial charge in [-0.25, -0.2) is 4.79 Å². The predicted molar refractivity (Wildman–Crippen MR) is 76.4 cm³/mol. The molecule has 0 aliphatic carbocycles. The predicted octanol–water partition coefficient (Wildman–Crippen LogP) is 1.90. The minimum absolute atomic E-state index is 0.224. The molecule has 0 spiro atoms. The van der Waals surface area contributed by atoms with Crippen molar-refractivity contribution in [3.63, 3.8) is 0 Å². The molecule has 1 unspecified atom stereocenters. The van der Waals surface area contributed by atoms with Gasteiger partial charge in [0.2, 0.25) is 5.91 Å². The second-order valence-electron chi connectivity index (χ2n) is 4.77. The summed E-state index contributed by atoms with van der Waals surface area (Å²) >= 11 is 0. The van der Waals surface area contributed by atoms with Gasteiger partial charge in [0.1, 0.15) is 5.75 Å². The Labute approximate surface area is 118 Å². The quantitative estimate of drug-likeness (QED) is 0.777. The van der Waals surface area contributed by atoms with Crippen molar-refractivity contribution < 1.29 is 19.4 Å². The van der Waals surface area contributed by atoms with E-state index in [2.05, 4.69) is 0 Å². The maximum atomic E-state index is 11.0. The fourth-order valence-electron chi connectivity index (χ4n) is 1.77. The molecule has 0 saturated heterocycles. The largest absolute Gasteiger partial charge is 0.492 e.